The minimum atomic E-state index is -0.914. The Hall–Kier alpha value is -2.82. The predicted molar refractivity (Wildman–Crippen MR) is 104 cm³/mol. The van der Waals surface area contributed by atoms with Gasteiger partial charge in [-0.2, -0.15) is 0 Å². The third kappa shape index (κ3) is 4.67. The van der Waals surface area contributed by atoms with E-state index in [4.69, 9.17) is 9.47 Å². The average molecular weight is 367 g/mol. The van der Waals surface area contributed by atoms with Crippen molar-refractivity contribution in [2.24, 2.45) is 0 Å². The Balaban J connectivity index is 1.63. The van der Waals surface area contributed by atoms with Gasteiger partial charge in [-0.15, -0.1) is 0 Å². The van der Waals surface area contributed by atoms with Gasteiger partial charge < -0.3 is 14.8 Å². The number of para-hydroxylation sites is 2. The van der Waals surface area contributed by atoms with Gasteiger partial charge in [0.25, 0.3) is 5.91 Å². The fraction of sp³-hybridized carbons (Fsp3) is 0.364. The molecule has 142 valence electrons. The molecule has 0 saturated carbocycles. The third-order valence-electron chi connectivity index (χ3n) is 4.68. The van der Waals surface area contributed by atoms with Crippen LogP contribution < -0.4 is 10.1 Å². The molecule has 5 heteroatoms. The first kappa shape index (κ1) is 19.0. The van der Waals surface area contributed by atoms with Crippen LogP contribution in [0.4, 0.5) is 5.69 Å². The fourth-order valence-electron chi connectivity index (χ4n) is 3.23. The zero-order valence-corrected chi connectivity index (χ0v) is 15.8. The molecule has 1 atom stereocenters. The van der Waals surface area contributed by atoms with Crippen LogP contribution in [0.2, 0.25) is 0 Å². The lowest BCUT2D eigenvalue weighted by molar-refractivity contribution is -0.123. The molecule has 5 nitrogen and oxygen atoms in total. The third-order valence-corrected chi connectivity index (χ3v) is 4.68. The molecule has 0 saturated heterocycles. The van der Waals surface area contributed by atoms with E-state index in [9.17, 15) is 9.59 Å². The molecule has 0 unspecified atom stereocenters. The summed E-state index contributed by atoms with van der Waals surface area (Å²) in [5, 5.41) is 2.76. The number of benzene rings is 2. The molecule has 0 radical (unpaired) electrons. The van der Waals surface area contributed by atoms with Crippen LogP contribution in [-0.2, 0) is 22.4 Å². The number of ether oxygens (including phenoxy) is 2. The van der Waals surface area contributed by atoms with Crippen LogP contribution in [0.3, 0.4) is 0 Å². The van der Waals surface area contributed by atoms with Gasteiger partial charge in [0.15, 0.2) is 6.10 Å². The summed E-state index contributed by atoms with van der Waals surface area (Å²) in [6, 6.07) is 12.8. The standard InChI is InChI=1S/C22H25NO4/c1-3-26-20-11-7-6-10-19(20)23-21(24)15(2)27-22(25)18-13-12-16-8-4-5-9-17(16)14-18/h6-7,10-15H,3-5,8-9H2,1-2H3,(H,23,24)/t15-/m1/s1. The summed E-state index contributed by atoms with van der Waals surface area (Å²) in [7, 11) is 0. The molecule has 0 spiro atoms. The normalized spacial score (nSPS) is 14.0. The second-order valence-corrected chi connectivity index (χ2v) is 6.66. The smallest absolute Gasteiger partial charge is 0.338 e. The van der Waals surface area contributed by atoms with Crippen LogP contribution in [0.1, 0.15) is 48.2 Å². The van der Waals surface area contributed by atoms with Gasteiger partial charge in [0.05, 0.1) is 17.9 Å². The highest BCUT2D eigenvalue weighted by Gasteiger charge is 2.21. The Morgan fingerprint density at radius 2 is 1.81 bits per heavy atom. The van der Waals surface area contributed by atoms with E-state index in [-0.39, 0.29) is 0 Å². The van der Waals surface area contributed by atoms with Gasteiger partial charge in [0, 0.05) is 0 Å². The van der Waals surface area contributed by atoms with Gasteiger partial charge in [-0.25, -0.2) is 4.79 Å². The number of aryl methyl sites for hydroxylation is 2. The topological polar surface area (TPSA) is 64.6 Å². The second-order valence-electron chi connectivity index (χ2n) is 6.66. The molecule has 2 aromatic rings. The van der Waals surface area contributed by atoms with E-state index in [0.717, 1.165) is 19.3 Å². The Morgan fingerprint density at radius 3 is 2.59 bits per heavy atom. The number of carbonyl (C=O) groups excluding carboxylic acids is 2. The van der Waals surface area contributed by atoms with E-state index in [1.165, 1.54) is 17.5 Å². The highest BCUT2D eigenvalue weighted by molar-refractivity contribution is 5.98. The first-order valence-corrected chi connectivity index (χ1v) is 9.44. The Morgan fingerprint density at radius 1 is 1.07 bits per heavy atom. The molecular weight excluding hydrogens is 342 g/mol. The second kappa shape index (κ2) is 8.71. The summed E-state index contributed by atoms with van der Waals surface area (Å²) in [6.45, 7) is 3.94. The van der Waals surface area contributed by atoms with Gasteiger partial charge in [-0.3, -0.25) is 4.79 Å². The number of nitrogens with one attached hydrogen (secondary N) is 1. The van der Waals surface area contributed by atoms with Gasteiger partial charge in [-0.05, 0) is 74.9 Å². The molecule has 0 aromatic heterocycles. The molecule has 3 rings (SSSR count). The SMILES string of the molecule is CCOc1ccccc1NC(=O)[C@@H](C)OC(=O)c1ccc2c(c1)CCCC2. The first-order chi connectivity index (χ1) is 13.1. The molecule has 0 heterocycles. The van der Waals surface area contributed by atoms with Crippen molar-refractivity contribution < 1.29 is 19.1 Å². The summed E-state index contributed by atoms with van der Waals surface area (Å²) < 4.78 is 10.9. The monoisotopic (exact) mass is 367 g/mol. The number of esters is 1. The van der Waals surface area contributed by atoms with E-state index in [1.807, 2.05) is 31.2 Å². The molecular formula is C22H25NO4. The van der Waals surface area contributed by atoms with E-state index in [1.54, 1.807) is 25.1 Å². The molecule has 1 aliphatic carbocycles. The maximum absolute atomic E-state index is 12.4. The highest BCUT2D eigenvalue weighted by Crippen LogP contribution is 2.25. The van der Waals surface area contributed by atoms with Crippen molar-refractivity contribution in [3.8, 4) is 5.75 Å². The summed E-state index contributed by atoms with van der Waals surface area (Å²) in [6.07, 6.45) is 3.47. The maximum atomic E-state index is 12.4. The zero-order valence-electron chi connectivity index (χ0n) is 15.8. The molecule has 2 aromatic carbocycles. The largest absolute Gasteiger partial charge is 0.492 e. The van der Waals surface area contributed by atoms with Crippen molar-refractivity contribution in [2.45, 2.75) is 45.6 Å². The van der Waals surface area contributed by atoms with E-state index in [0.29, 0.717) is 23.6 Å². The predicted octanol–water partition coefficient (Wildman–Crippen LogP) is 4.15. The Bertz CT molecular complexity index is 831. The Kier molecular flexibility index (Phi) is 6.12. The molecule has 1 N–H and O–H groups in total. The molecule has 0 aliphatic heterocycles. The summed E-state index contributed by atoms with van der Waals surface area (Å²) in [4.78, 5) is 24.9. The Labute approximate surface area is 159 Å². The van der Waals surface area contributed by atoms with Crippen LogP contribution >= 0.6 is 0 Å². The van der Waals surface area contributed by atoms with E-state index < -0.39 is 18.0 Å². The van der Waals surface area contributed by atoms with Crippen LogP contribution in [0.5, 0.6) is 5.75 Å². The van der Waals surface area contributed by atoms with Crippen molar-refractivity contribution in [1.82, 2.24) is 0 Å². The van der Waals surface area contributed by atoms with Gasteiger partial charge >= 0.3 is 5.97 Å². The van der Waals surface area contributed by atoms with Gasteiger partial charge in [0.1, 0.15) is 5.75 Å². The number of hydrogen-bond donors (Lipinski definition) is 1. The van der Waals surface area contributed by atoms with Gasteiger partial charge in [-0.1, -0.05) is 18.2 Å². The van der Waals surface area contributed by atoms with Gasteiger partial charge in [0.2, 0.25) is 0 Å². The quantitative estimate of drug-likeness (QED) is 0.779. The van der Waals surface area contributed by atoms with Crippen molar-refractivity contribution in [2.75, 3.05) is 11.9 Å². The number of amides is 1. The van der Waals surface area contributed by atoms with Crippen LogP contribution in [-0.4, -0.2) is 24.6 Å². The van der Waals surface area contributed by atoms with Crippen molar-refractivity contribution in [3.05, 3.63) is 59.2 Å². The molecule has 0 bridgehead atoms. The summed E-state index contributed by atoms with van der Waals surface area (Å²) in [5.41, 5.74) is 3.56. The first-order valence-electron chi connectivity index (χ1n) is 9.44. The lowest BCUT2D eigenvalue weighted by Crippen LogP contribution is -2.30. The maximum Gasteiger partial charge on any atom is 0.338 e. The molecule has 27 heavy (non-hydrogen) atoms. The number of hydrogen-bond acceptors (Lipinski definition) is 4. The van der Waals surface area contributed by atoms with E-state index in [2.05, 4.69) is 5.32 Å². The minimum Gasteiger partial charge on any atom is -0.492 e. The lowest BCUT2D eigenvalue weighted by Gasteiger charge is -2.18. The number of rotatable bonds is 6. The lowest BCUT2D eigenvalue weighted by atomic mass is 9.90. The molecule has 0 fully saturated rings. The minimum absolute atomic E-state index is 0.395. The van der Waals surface area contributed by atoms with Crippen molar-refractivity contribution in [1.29, 1.82) is 0 Å². The number of carbonyl (C=O) groups is 2. The van der Waals surface area contributed by atoms with Crippen molar-refractivity contribution in [3.63, 3.8) is 0 Å². The van der Waals surface area contributed by atoms with Crippen LogP contribution in [0, 0.1) is 0 Å². The van der Waals surface area contributed by atoms with E-state index >= 15 is 0 Å². The van der Waals surface area contributed by atoms with Crippen LogP contribution in [0.25, 0.3) is 0 Å². The number of anilines is 1. The summed E-state index contributed by atoms with van der Waals surface area (Å²) in [5.74, 6) is -0.292. The van der Waals surface area contributed by atoms with Crippen LogP contribution in [0.15, 0.2) is 42.5 Å². The molecule has 1 amide bonds. The zero-order chi connectivity index (χ0) is 19.2. The average Bonchev–Trinajstić information content (AvgIpc) is 2.69. The molecule has 1 aliphatic rings. The highest BCUT2D eigenvalue weighted by atomic mass is 16.5. The van der Waals surface area contributed by atoms with Crippen molar-refractivity contribution >= 4 is 17.6 Å². The number of fused-ring (bicyclic) bond motifs is 1. The summed E-state index contributed by atoms with van der Waals surface area (Å²) >= 11 is 0. The fourth-order valence-corrected chi connectivity index (χ4v) is 3.23.